The lowest BCUT2D eigenvalue weighted by molar-refractivity contribution is 0.803. The van der Waals surface area contributed by atoms with Crippen LogP contribution in [-0.2, 0) is 5.41 Å². The van der Waals surface area contributed by atoms with Crippen molar-refractivity contribution < 1.29 is 0 Å². The van der Waals surface area contributed by atoms with Crippen LogP contribution in [-0.4, -0.2) is 0 Å². The number of nitrogens with two attached hydrogens (primary N) is 2. The van der Waals surface area contributed by atoms with E-state index in [0.29, 0.717) is 12.1 Å². The average molecular weight is 729 g/mol. The Bertz CT molecular complexity index is 3140. The molecule has 2 heteroatoms. The third kappa shape index (κ3) is 4.65. The fourth-order valence-corrected chi connectivity index (χ4v) is 10.3. The van der Waals surface area contributed by atoms with E-state index in [9.17, 15) is 0 Å². The zero-order valence-corrected chi connectivity index (χ0v) is 31.8. The first-order valence-electron chi connectivity index (χ1n) is 19.8. The minimum Gasteiger partial charge on any atom is -0.401 e. The minimum atomic E-state index is -0.548. The van der Waals surface area contributed by atoms with Crippen molar-refractivity contribution in [1.29, 1.82) is 0 Å². The fourth-order valence-electron chi connectivity index (χ4n) is 10.3. The van der Waals surface area contributed by atoms with Gasteiger partial charge in [-0.3, -0.25) is 0 Å². The van der Waals surface area contributed by atoms with Crippen LogP contribution < -0.4 is 11.5 Å². The Hall–Kier alpha value is -7.16. The van der Waals surface area contributed by atoms with Crippen LogP contribution in [0.3, 0.4) is 0 Å². The standard InChI is InChI=1S/C55H40N2/c1-2-15-35-30-28-34(32-51(35)57)29-31-50(56)42-22-7-3-18-38(42)46-33-49-52(43-23-8-5-19-39(43)46)53-44-24-9-4-16-36(44)37-17-6-10-25-45(37)54(53)55(49)47-26-13-11-20-40(47)41-21-12-14-27-48(41)55/h2-31,33H,32,56-57H2,1H3/b15-2-,34-29-,50-31-. The van der Waals surface area contributed by atoms with Crippen molar-refractivity contribution in [2.45, 2.75) is 18.8 Å². The molecule has 57 heavy (non-hydrogen) atoms. The molecule has 0 amide bonds. The molecule has 270 valence electrons. The molecule has 0 atom stereocenters. The first kappa shape index (κ1) is 33.2. The van der Waals surface area contributed by atoms with E-state index in [1.54, 1.807) is 0 Å². The molecule has 0 bridgehead atoms. The van der Waals surface area contributed by atoms with Crippen LogP contribution in [0.4, 0.5) is 0 Å². The largest absolute Gasteiger partial charge is 0.401 e. The summed E-state index contributed by atoms with van der Waals surface area (Å²) in [6, 6.07) is 56.4. The van der Waals surface area contributed by atoms with Crippen LogP contribution >= 0.6 is 0 Å². The van der Waals surface area contributed by atoms with Crippen molar-refractivity contribution >= 4 is 38.0 Å². The van der Waals surface area contributed by atoms with Gasteiger partial charge in [0.25, 0.3) is 0 Å². The van der Waals surface area contributed by atoms with Crippen molar-refractivity contribution in [3.8, 4) is 33.4 Å². The number of hydrogen-bond donors (Lipinski definition) is 2. The molecule has 0 radical (unpaired) electrons. The molecule has 8 aromatic rings. The third-order valence-electron chi connectivity index (χ3n) is 12.6. The van der Waals surface area contributed by atoms with E-state index in [0.717, 1.165) is 28.0 Å². The lowest BCUT2D eigenvalue weighted by Gasteiger charge is -2.32. The monoisotopic (exact) mass is 728 g/mol. The minimum absolute atomic E-state index is 0.548. The molecule has 8 aromatic carbocycles. The van der Waals surface area contributed by atoms with Gasteiger partial charge in [0.15, 0.2) is 0 Å². The Balaban J connectivity index is 1.24. The first-order valence-corrected chi connectivity index (χ1v) is 19.8. The number of allylic oxidation sites excluding steroid dienone is 8. The number of rotatable bonds is 4. The number of fused-ring (bicyclic) bond motifs is 17. The van der Waals surface area contributed by atoms with Crippen LogP contribution in [0.15, 0.2) is 205 Å². The van der Waals surface area contributed by atoms with E-state index in [2.05, 4.69) is 176 Å². The summed E-state index contributed by atoms with van der Waals surface area (Å²) in [6.07, 6.45) is 13.1. The molecule has 11 rings (SSSR count). The zero-order chi connectivity index (χ0) is 38.3. The summed E-state index contributed by atoms with van der Waals surface area (Å²) in [5.41, 5.74) is 30.6. The lowest BCUT2D eigenvalue weighted by Crippen LogP contribution is -2.26. The topological polar surface area (TPSA) is 52.0 Å². The lowest BCUT2D eigenvalue weighted by atomic mass is 9.68. The van der Waals surface area contributed by atoms with Gasteiger partial charge in [-0.2, -0.15) is 0 Å². The summed E-state index contributed by atoms with van der Waals surface area (Å²) in [5.74, 6) is 0. The second-order valence-corrected chi connectivity index (χ2v) is 15.5. The maximum atomic E-state index is 7.09. The van der Waals surface area contributed by atoms with Crippen molar-refractivity contribution in [1.82, 2.24) is 0 Å². The second kappa shape index (κ2) is 12.7. The molecule has 0 aromatic heterocycles. The van der Waals surface area contributed by atoms with E-state index in [4.69, 9.17) is 11.5 Å². The van der Waals surface area contributed by atoms with Crippen molar-refractivity contribution in [2.24, 2.45) is 11.5 Å². The molecule has 4 N–H and O–H groups in total. The number of hydrogen-bond acceptors (Lipinski definition) is 2. The van der Waals surface area contributed by atoms with Gasteiger partial charge in [-0.15, -0.1) is 0 Å². The van der Waals surface area contributed by atoms with E-state index >= 15 is 0 Å². The van der Waals surface area contributed by atoms with Gasteiger partial charge in [0.05, 0.1) is 5.41 Å². The SMILES string of the molecule is C/C=C\C1=C(N)C/C(=C\C=C(/N)c2ccccc2-c2cc3c(c4ccccc24)-c2c(c4ccccc4c4ccccc24)C32c3ccccc3-c3ccccc32)C=C1. The van der Waals surface area contributed by atoms with Crippen LogP contribution in [0, 0.1) is 0 Å². The van der Waals surface area contributed by atoms with Crippen LogP contribution in [0.5, 0.6) is 0 Å². The summed E-state index contributed by atoms with van der Waals surface area (Å²) in [5, 5.41) is 7.60. The van der Waals surface area contributed by atoms with E-state index in [-0.39, 0.29) is 0 Å². The Kier molecular flexibility index (Phi) is 7.39. The molecule has 1 spiro atoms. The highest BCUT2D eigenvalue weighted by atomic mass is 14.6. The van der Waals surface area contributed by atoms with Crippen LogP contribution in [0.25, 0.3) is 71.4 Å². The van der Waals surface area contributed by atoms with Crippen molar-refractivity contribution in [2.75, 3.05) is 0 Å². The zero-order valence-electron chi connectivity index (χ0n) is 31.8. The van der Waals surface area contributed by atoms with E-state index in [1.807, 2.05) is 19.1 Å². The highest BCUT2D eigenvalue weighted by Crippen LogP contribution is 2.67. The van der Waals surface area contributed by atoms with Crippen LogP contribution in [0.1, 0.15) is 41.2 Å². The maximum Gasteiger partial charge on any atom is 0.0732 e. The quantitative estimate of drug-likeness (QED) is 0.177. The molecular formula is C55H40N2. The van der Waals surface area contributed by atoms with Crippen molar-refractivity contribution in [3.63, 3.8) is 0 Å². The van der Waals surface area contributed by atoms with Gasteiger partial charge in [0, 0.05) is 23.4 Å². The Labute approximate surface area is 333 Å². The van der Waals surface area contributed by atoms with Crippen molar-refractivity contribution in [3.05, 3.63) is 233 Å². The fraction of sp³-hybridized carbons (Fsp3) is 0.0545. The maximum absolute atomic E-state index is 7.09. The normalized spacial score (nSPS) is 15.9. The Morgan fingerprint density at radius 2 is 1.09 bits per heavy atom. The van der Waals surface area contributed by atoms with Gasteiger partial charge in [-0.25, -0.2) is 0 Å². The van der Waals surface area contributed by atoms with Gasteiger partial charge in [0.2, 0.25) is 0 Å². The molecule has 0 unspecified atom stereocenters. The number of benzene rings is 8. The summed E-state index contributed by atoms with van der Waals surface area (Å²) in [4.78, 5) is 0. The molecule has 0 saturated heterocycles. The van der Waals surface area contributed by atoms with Gasteiger partial charge >= 0.3 is 0 Å². The van der Waals surface area contributed by atoms with E-state index in [1.165, 1.54) is 82.4 Å². The highest BCUT2D eigenvalue weighted by molar-refractivity contribution is 6.24. The smallest absolute Gasteiger partial charge is 0.0732 e. The third-order valence-corrected chi connectivity index (χ3v) is 12.6. The Morgan fingerprint density at radius 1 is 0.544 bits per heavy atom. The summed E-state index contributed by atoms with van der Waals surface area (Å²) in [7, 11) is 0. The second-order valence-electron chi connectivity index (χ2n) is 15.5. The summed E-state index contributed by atoms with van der Waals surface area (Å²) in [6.45, 7) is 2.01. The van der Waals surface area contributed by atoms with Gasteiger partial charge in [-0.1, -0.05) is 176 Å². The molecule has 0 heterocycles. The Morgan fingerprint density at radius 3 is 1.75 bits per heavy atom. The first-order chi connectivity index (χ1) is 28.1. The van der Waals surface area contributed by atoms with E-state index < -0.39 is 5.41 Å². The summed E-state index contributed by atoms with van der Waals surface area (Å²) < 4.78 is 0. The molecule has 3 aliphatic rings. The molecular weight excluding hydrogens is 689 g/mol. The predicted molar refractivity (Wildman–Crippen MR) is 241 cm³/mol. The van der Waals surface area contributed by atoms with Gasteiger partial charge in [-0.05, 0) is 118 Å². The van der Waals surface area contributed by atoms with Crippen LogP contribution in [0.2, 0.25) is 0 Å². The molecule has 3 aliphatic carbocycles. The highest BCUT2D eigenvalue weighted by Gasteiger charge is 2.53. The molecule has 0 aliphatic heterocycles. The summed E-state index contributed by atoms with van der Waals surface area (Å²) >= 11 is 0. The average Bonchev–Trinajstić information content (AvgIpc) is 3.74. The molecule has 0 saturated carbocycles. The molecule has 2 nitrogen and oxygen atoms in total. The van der Waals surface area contributed by atoms with Gasteiger partial charge in [0.1, 0.15) is 0 Å². The van der Waals surface area contributed by atoms with Gasteiger partial charge < -0.3 is 11.5 Å². The molecule has 0 fully saturated rings. The predicted octanol–water partition coefficient (Wildman–Crippen LogP) is 13.1.